The van der Waals surface area contributed by atoms with Gasteiger partial charge in [-0.25, -0.2) is 4.68 Å². The van der Waals surface area contributed by atoms with Gasteiger partial charge in [0.15, 0.2) is 0 Å². The number of carboxylic acid groups (broad SMARTS) is 1. The van der Waals surface area contributed by atoms with E-state index in [2.05, 4.69) is 5.10 Å². The smallest absolute Gasteiger partial charge is 0.307 e. The Hall–Kier alpha value is -2.43. The maximum Gasteiger partial charge on any atom is 0.307 e. The highest BCUT2D eigenvalue weighted by Gasteiger charge is 2.01. The molecule has 0 spiro atoms. The number of nitrogens with zero attached hydrogens (tertiary/aromatic N) is 2. The molecule has 0 atom stereocenters. The van der Waals surface area contributed by atoms with Gasteiger partial charge in [-0.1, -0.05) is 24.3 Å². The number of aromatic nitrogens is 2. The van der Waals surface area contributed by atoms with Crippen LogP contribution in [0.3, 0.4) is 0 Å². The van der Waals surface area contributed by atoms with Crippen LogP contribution >= 0.6 is 0 Å². The van der Waals surface area contributed by atoms with Crippen LogP contribution in [0.5, 0.6) is 0 Å². The van der Waals surface area contributed by atoms with Gasteiger partial charge >= 0.3 is 5.97 Å². The van der Waals surface area contributed by atoms with E-state index in [1.165, 1.54) is 10.7 Å². The summed E-state index contributed by atoms with van der Waals surface area (Å²) < 4.78 is 1.35. The van der Waals surface area contributed by atoms with Crippen molar-refractivity contribution in [3.05, 3.63) is 64.1 Å². The summed E-state index contributed by atoms with van der Waals surface area (Å²) in [5, 5.41) is 12.6. The van der Waals surface area contributed by atoms with Crippen LogP contribution in [0.4, 0.5) is 0 Å². The summed E-state index contributed by atoms with van der Waals surface area (Å²) in [4.78, 5) is 22.0. The van der Waals surface area contributed by atoms with Crippen molar-refractivity contribution in [2.24, 2.45) is 0 Å². The van der Waals surface area contributed by atoms with Crippen molar-refractivity contribution in [2.45, 2.75) is 13.0 Å². The summed E-state index contributed by atoms with van der Waals surface area (Å²) in [5.41, 5.74) is 1.48. The van der Waals surface area contributed by atoms with Gasteiger partial charge in [-0.15, -0.1) is 0 Å². The summed E-state index contributed by atoms with van der Waals surface area (Å²) in [6.45, 7) is 0.382. The molecule has 0 fully saturated rings. The zero-order valence-electron chi connectivity index (χ0n) is 9.61. The number of aliphatic carboxylic acids is 1. The standard InChI is InChI=1S/C13H12N2O3/c16-12-2-1-7-14-15(12)9-11-5-3-10(4-6-11)8-13(17)18/h1-7H,8-9H2,(H,17,18). The fourth-order valence-corrected chi connectivity index (χ4v) is 1.62. The number of carboxylic acids is 1. The number of hydrogen-bond donors (Lipinski definition) is 1. The normalized spacial score (nSPS) is 10.2. The Morgan fingerprint density at radius 2 is 1.83 bits per heavy atom. The Kier molecular flexibility index (Phi) is 3.52. The van der Waals surface area contributed by atoms with Gasteiger partial charge in [0.25, 0.3) is 5.56 Å². The highest BCUT2D eigenvalue weighted by Crippen LogP contribution is 2.06. The largest absolute Gasteiger partial charge is 0.481 e. The summed E-state index contributed by atoms with van der Waals surface area (Å²) >= 11 is 0. The first-order valence-electron chi connectivity index (χ1n) is 5.47. The van der Waals surface area contributed by atoms with E-state index >= 15 is 0 Å². The molecule has 1 aromatic heterocycles. The van der Waals surface area contributed by atoms with E-state index in [0.717, 1.165) is 11.1 Å². The number of rotatable bonds is 4. The Morgan fingerprint density at radius 1 is 1.17 bits per heavy atom. The summed E-state index contributed by atoms with van der Waals surface area (Å²) in [5.74, 6) is -0.858. The van der Waals surface area contributed by atoms with E-state index in [0.29, 0.717) is 6.54 Å². The molecule has 1 heterocycles. The predicted molar refractivity (Wildman–Crippen MR) is 65.4 cm³/mol. The average Bonchev–Trinajstić information content (AvgIpc) is 2.34. The molecule has 2 aromatic rings. The van der Waals surface area contributed by atoms with Crippen LogP contribution in [0, 0.1) is 0 Å². The minimum absolute atomic E-state index is 0.00379. The van der Waals surface area contributed by atoms with Crippen molar-refractivity contribution in [3.8, 4) is 0 Å². The Labute approximate surface area is 103 Å². The molecule has 18 heavy (non-hydrogen) atoms. The zero-order chi connectivity index (χ0) is 13.0. The molecule has 0 radical (unpaired) electrons. The maximum atomic E-state index is 11.5. The van der Waals surface area contributed by atoms with Gasteiger partial charge < -0.3 is 5.11 Å². The van der Waals surface area contributed by atoms with Crippen LogP contribution in [0.15, 0.2) is 47.4 Å². The Morgan fingerprint density at radius 3 is 2.44 bits per heavy atom. The van der Waals surface area contributed by atoms with Gasteiger partial charge in [-0.2, -0.15) is 5.10 Å². The van der Waals surface area contributed by atoms with Crippen LogP contribution in [-0.4, -0.2) is 20.9 Å². The number of hydrogen-bond acceptors (Lipinski definition) is 3. The van der Waals surface area contributed by atoms with Gasteiger partial charge in [0.05, 0.1) is 13.0 Å². The molecule has 0 saturated heterocycles. The molecule has 2 rings (SSSR count). The van der Waals surface area contributed by atoms with Crippen molar-refractivity contribution in [1.82, 2.24) is 9.78 Å². The van der Waals surface area contributed by atoms with Crippen molar-refractivity contribution >= 4 is 5.97 Å². The van der Waals surface area contributed by atoms with Gasteiger partial charge in [0, 0.05) is 12.3 Å². The van der Waals surface area contributed by atoms with Gasteiger partial charge in [-0.05, 0) is 17.2 Å². The third-order valence-electron chi connectivity index (χ3n) is 2.50. The van der Waals surface area contributed by atoms with Crippen LogP contribution in [0.1, 0.15) is 11.1 Å². The van der Waals surface area contributed by atoms with E-state index in [4.69, 9.17) is 5.11 Å². The Bertz CT molecular complexity index is 602. The second kappa shape index (κ2) is 5.27. The Balaban J connectivity index is 2.14. The molecule has 0 bridgehead atoms. The summed E-state index contributed by atoms with van der Waals surface area (Å²) in [6.07, 6.45) is 1.56. The molecule has 1 N–H and O–H groups in total. The second-order valence-electron chi connectivity index (χ2n) is 3.91. The average molecular weight is 244 g/mol. The number of benzene rings is 1. The molecule has 5 nitrogen and oxygen atoms in total. The molecule has 0 aliphatic rings. The van der Waals surface area contributed by atoms with Crippen LogP contribution < -0.4 is 5.56 Å². The van der Waals surface area contributed by atoms with E-state index < -0.39 is 5.97 Å². The minimum Gasteiger partial charge on any atom is -0.481 e. The zero-order valence-corrected chi connectivity index (χ0v) is 9.61. The third kappa shape index (κ3) is 3.04. The quantitative estimate of drug-likeness (QED) is 0.868. The van der Waals surface area contributed by atoms with Gasteiger partial charge in [-0.3, -0.25) is 9.59 Å². The monoisotopic (exact) mass is 244 g/mol. The molecular formula is C13H12N2O3. The van der Waals surface area contributed by atoms with Crippen molar-refractivity contribution in [2.75, 3.05) is 0 Å². The van der Waals surface area contributed by atoms with Crippen LogP contribution in [0.2, 0.25) is 0 Å². The van der Waals surface area contributed by atoms with Crippen LogP contribution in [0.25, 0.3) is 0 Å². The van der Waals surface area contributed by atoms with Crippen molar-refractivity contribution < 1.29 is 9.90 Å². The highest BCUT2D eigenvalue weighted by molar-refractivity contribution is 5.70. The first-order chi connectivity index (χ1) is 8.65. The topological polar surface area (TPSA) is 72.2 Å². The second-order valence-corrected chi connectivity index (χ2v) is 3.91. The lowest BCUT2D eigenvalue weighted by Gasteiger charge is -2.04. The van der Waals surface area contributed by atoms with Crippen LogP contribution in [-0.2, 0) is 17.8 Å². The molecule has 0 saturated carbocycles. The van der Waals surface area contributed by atoms with Gasteiger partial charge in [0.1, 0.15) is 0 Å². The molecule has 92 valence electrons. The first-order valence-corrected chi connectivity index (χ1v) is 5.47. The molecule has 0 amide bonds. The molecule has 0 aliphatic carbocycles. The third-order valence-corrected chi connectivity index (χ3v) is 2.50. The lowest BCUT2D eigenvalue weighted by atomic mass is 10.1. The highest BCUT2D eigenvalue weighted by atomic mass is 16.4. The first kappa shape index (κ1) is 12.0. The lowest BCUT2D eigenvalue weighted by molar-refractivity contribution is -0.136. The molecular weight excluding hydrogens is 232 g/mol. The molecule has 5 heteroatoms. The maximum absolute atomic E-state index is 11.5. The fraction of sp³-hybridized carbons (Fsp3) is 0.154. The fourth-order valence-electron chi connectivity index (χ4n) is 1.62. The van der Waals surface area contributed by atoms with Gasteiger partial charge in [0.2, 0.25) is 0 Å². The molecule has 1 aromatic carbocycles. The van der Waals surface area contributed by atoms with Crippen molar-refractivity contribution in [3.63, 3.8) is 0 Å². The number of carbonyl (C=O) groups is 1. The van der Waals surface area contributed by atoms with E-state index in [-0.39, 0.29) is 12.0 Å². The van der Waals surface area contributed by atoms with E-state index in [9.17, 15) is 9.59 Å². The predicted octanol–water partition coefficient (Wildman–Crippen LogP) is 0.919. The molecule has 0 aliphatic heterocycles. The molecule has 0 unspecified atom stereocenters. The van der Waals surface area contributed by atoms with Crippen molar-refractivity contribution in [1.29, 1.82) is 0 Å². The van der Waals surface area contributed by atoms with E-state index in [1.807, 2.05) is 0 Å². The van der Waals surface area contributed by atoms with E-state index in [1.54, 1.807) is 36.5 Å². The lowest BCUT2D eigenvalue weighted by Crippen LogP contribution is -2.21. The summed E-state index contributed by atoms with van der Waals surface area (Å²) in [7, 11) is 0. The summed E-state index contributed by atoms with van der Waals surface area (Å²) in [6, 6.07) is 10.1. The minimum atomic E-state index is -0.858. The SMILES string of the molecule is O=C(O)Cc1ccc(Cn2ncccc2=O)cc1.